The Morgan fingerprint density at radius 3 is 2.36 bits per heavy atom. The van der Waals surface area contributed by atoms with Gasteiger partial charge in [0.2, 0.25) is 5.78 Å². The van der Waals surface area contributed by atoms with Crippen molar-refractivity contribution in [2.75, 3.05) is 26.5 Å². The van der Waals surface area contributed by atoms with Crippen LogP contribution in [0.15, 0.2) is 36.5 Å². The van der Waals surface area contributed by atoms with Gasteiger partial charge in [0.05, 0.1) is 11.3 Å². The van der Waals surface area contributed by atoms with E-state index in [9.17, 15) is 9.59 Å². The van der Waals surface area contributed by atoms with Gasteiger partial charge in [-0.2, -0.15) is 0 Å². The third kappa shape index (κ3) is 2.98. The molecule has 2 aromatic rings. The lowest BCUT2D eigenvalue weighted by molar-refractivity contribution is 0.0822. The number of nitrogens with zero attached hydrogens (tertiary/aromatic N) is 2. The average molecular weight is 297 g/mol. The van der Waals surface area contributed by atoms with Gasteiger partial charge >= 0.3 is 0 Å². The Kier molecular flexibility index (Phi) is 4.56. The predicted molar refractivity (Wildman–Crippen MR) is 86.4 cm³/mol. The van der Waals surface area contributed by atoms with Gasteiger partial charge in [-0.1, -0.05) is 18.2 Å². The minimum Gasteiger partial charge on any atom is -0.386 e. The van der Waals surface area contributed by atoms with E-state index in [1.807, 2.05) is 13.0 Å². The maximum atomic E-state index is 12.8. The number of rotatable bonds is 4. The van der Waals surface area contributed by atoms with Crippen molar-refractivity contribution in [3.8, 4) is 0 Å². The first-order chi connectivity index (χ1) is 10.5. The highest BCUT2D eigenvalue weighted by atomic mass is 16.2. The molecule has 22 heavy (non-hydrogen) atoms. The van der Waals surface area contributed by atoms with E-state index in [2.05, 4.69) is 10.3 Å². The molecule has 5 heteroatoms. The fourth-order valence-corrected chi connectivity index (χ4v) is 2.18. The number of aryl methyl sites for hydroxylation is 1. The van der Waals surface area contributed by atoms with Crippen LogP contribution in [-0.2, 0) is 0 Å². The number of hydrogen-bond donors (Lipinski definition) is 1. The second-order valence-corrected chi connectivity index (χ2v) is 5.23. The normalized spacial score (nSPS) is 10.2. The molecule has 0 fully saturated rings. The van der Waals surface area contributed by atoms with Gasteiger partial charge in [-0.15, -0.1) is 0 Å². The van der Waals surface area contributed by atoms with Gasteiger partial charge in [-0.25, -0.2) is 0 Å². The maximum absolute atomic E-state index is 12.8. The summed E-state index contributed by atoms with van der Waals surface area (Å²) in [6.45, 7) is 1.91. The fourth-order valence-electron chi connectivity index (χ4n) is 2.18. The van der Waals surface area contributed by atoms with Crippen molar-refractivity contribution in [2.24, 2.45) is 0 Å². The third-order valence-corrected chi connectivity index (χ3v) is 3.32. The van der Waals surface area contributed by atoms with Crippen molar-refractivity contribution >= 4 is 17.4 Å². The lowest BCUT2D eigenvalue weighted by Gasteiger charge is -2.14. The van der Waals surface area contributed by atoms with Crippen LogP contribution >= 0.6 is 0 Å². The van der Waals surface area contributed by atoms with Gasteiger partial charge in [-0.3, -0.25) is 14.6 Å². The van der Waals surface area contributed by atoms with Crippen LogP contribution in [0.5, 0.6) is 0 Å². The van der Waals surface area contributed by atoms with Crippen molar-refractivity contribution < 1.29 is 9.59 Å². The Hall–Kier alpha value is -2.69. The zero-order valence-corrected chi connectivity index (χ0v) is 13.2. The van der Waals surface area contributed by atoms with Crippen LogP contribution in [0.3, 0.4) is 0 Å². The predicted octanol–water partition coefficient (Wildman–Crippen LogP) is 2.36. The van der Waals surface area contributed by atoms with Crippen LogP contribution in [0.4, 0.5) is 5.69 Å². The Morgan fingerprint density at radius 2 is 1.77 bits per heavy atom. The van der Waals surface area contributed by atoms with E-state index in [4.69, 9.17) is 0 Å². The molecule has 1 N–H and O–H groups in total. The minimum absolute atomic E-state index is 0.206. The van der Waals surface area contributed by atoms with Crippen molar-refractivity contribution in [3.63, 3.8) is 0 Å². The minimum atomic E-state index is -0.268. The van der Waals surface area contributed by atoms with Gasteiger partial charge in [0, 0.05) is 32.9 Å². The molecule has 1 aromatic carbocycles. The summed E-state index contributed by atoms with van der Waals surface area (Å²) < 4.78 is 0. The second-order valence-electron chi connectivity index (χ2n) is 5.23. The van der Waals surface area contributed by atoms with E-state index in [0.717, 1.165) is 5.56 Å². The summed E-state index contributed by atoms with van der Waals surface area (Å²) >= 11 is 0. The van der Waals surface area contributed by atoms with E-state index < -0.39 is 0 Å². The zero-order chi connectivity index (χ0) is 16.3. The average Bonchev–Trinajstić information content (AvgIpc) is 2.53. The number of benzene rings is 1. The number of anilines is 1. The molecule has 0 bridgehead atoms. The van der Waals surface area contributed by atoms with Crippen LogP contribution in [0.2, 0.25) is 0 Å². The molecule has 1 amide bonds. The first kappa shape index (κ1) is 15.7. The van der Waals surface area contributed by atoms with Gasteiger partial charge in [0.25, 0.3) is 5.91 Å². The molecule has 0 atom stereocenters. The molecule has 0 saturated carbocycles. The topological polar surface area (TPSA) is 62.3 Å². The molecule has 0 aliphatic heterocycles. The molecule has 0 saturated heterocycles. The zero-order valence-electron chi connectivity index (χ0n) is 13.2. The lowest BCUT2D eigenvalue weighted by atomic mass is 9.99. The molecule has 0 aliphatic carbocycles. The van der Waals surface area contributed by atoms with Gasteiger partial charge in [-0.05, 0) is 24.6 Å². The van der Waals surface area contributed by atoms with Gasteiger partial charge in [0.1, 0.15) is 5.69 Å². The van der Waals surface area contributed by atoms with Crippen molar-refractivity contribution in [1.82, 2.24) is 9.88 Å². The Bertz CT molecular complexity index is 724. The number of hydrogen-bond acceptors (Lipinski definition) is 4. The van der Waals surface area contributed by atoms with Crippen LogP contribution in [0, 0.1) is 6.92 Å². The number of carbonyl (C=O) groups is 2. The summed E-state index contributed by atoms with van der Waals surface area (Å²) in [7, 11) is 5.06. The molecule has 114 valence electrons. The van der Waals surface area contributed by atoms with E-state index in [1.54, 1.807) is 51.6 Å². The fraction of sp³-hybridized carbons (Fsp3) is 0.235. The third-order valence-electron chi connectivity index (χ3n) is 3.32. The number of nitrogens with one attached hydrogen (secondary N) is 1. The molecular weight excluding hydrogens is 278 g/mol. The lowest BCUT2D eigenvalue weighted by Crippen LogP contribution is -2.24. The highest BCUT2D eigenvalue weighted by molar-refractivity contribution is 6.16. The summed E-state index contributed by atoms with van der Waals surface area (Å²) in [5.41, 5.74) is 2.65. The summed E-state index contributed by atoms with van der Waals surface area (Å²) in [4.78, 5) is 30.7. The van der Waals surface area contributed by atoms with Crippen LogP contribution in [-0.4, -0.2) is 42.7 Å². The van der Waals surface area contributed by atoms with Gasteiger partial charge in [0.15, 0.2) is 0 Å². The Morgan fingerprint density at radius 1 is 1.14 bits per heavy atom. The molecule has 0 unspecified atom stereocenters. The first-order valence-electron chi connectivity index (χ1n) is 6.95. The Labute approximate surface area is 130 Å². The summed E-state index contributed by atoms with van der Waals surface area (Å²) in [6, 6.07) is 8.65. The molecule has 0 aliphatic rings. The molecule has 0 spiro atoms. The van der Waals surface area contributed by atoms with E-state index in [-0.39, 0.29) is 11.7 Å². The van der Waals surface area contributed by atoms with E-state index in [0.29, 0.717) is 22.5 Å². The second kappa shape index (κ2) is 6.39. The Balaban J connectivity index is 2.53. The molecule has 5 nitrogen and oxygen atoms in total. The smallest absolute Gasteiger partial charge is 0.254 e. The summed E-state index contributed by atoms with van der Waals surface area (Å²) in [6.07, 6.45) is 1.64. The van der Waals surface area contributed by atoms with Crippen molar-refractivity contribution in [3.05, 3.63) is 58.9 Å². The molecule has 2 rings (SSSR count). The molecule has 0 radical (unpaired) electrons. The van der Waals surface area contributed by atoms with Crippen LogP contribution in [0.1, 0.15) is 32.0 Å². The van der Waals surface area contributed by atoms with Gasteiger partial charge < -0.3 is 10.2 Å². The highest BCUT2D eigenvalue weighted by Crippen LogP contribution is 2.21. The quantitative estimate of drug-likeness (QED) is 0.880. The number of amides is 1. The number of pyridine rings is 1. The monoisotopic (exact) mass is 297 g/mol. The number of aromatic nitrogens is 1. The largest absolute Gasteiger partial charge is 0.386 e. The van der Waals surface area contributed by atoms with Crippen molar-refractivity contribution in [1.29, 1.82) is 0 Å². The van der Waals surface area contributed by atoms with Crippen molar-refractivity contribution in [2.45, 2.75) is 6.92 Å². The standard InChI is InChI=1S/C17H19N3O2/c1-11-9-14(18-2)15(19-10-11)16(21)12-7-5-6-8-13(12)17(22)20(3)4/h5-10,18H,1-4H3. The molecule has 1 heterocycles. The summed E-state index contributed by atoms with van der Waals surface area (Å²) in [5.74, 6) is -0.475. The number of ketones is 1. The van der Waals surface area contributed by atoms with E-state index >= 15 is 0 Å². The SMILES string of the molecule is CNc1cc(C)cnc1C(=O)c1ccccc1C(=O)N(C)C. The maximum Gasteiger partial charge on any atom is 0.254 e. The highest BCUT2D eigenvalue weighted by Gasteiger charge is 2.22. The van der Waals surface area contributed by atoms with Crippen LogP contribution in [0.25, 0.3) is 0 Å². The first-order valence-corrected chi connectivity index (χ1v) is 6.95. The number of carbonyl (C=O) groups excluding carboxylic acids is 2. The summed E-state index contributed by atoms with van der Waals surface area (Å²) in [5, 5.41) is 2.98. The molecule has 1 aromatic heterocycles. The van der Waals surface area contributed by atoms with Crippen LogP contribution < -0.4 is 5.32 Å². The van der Waals surface area contributed by atoms with E-state index in [1.165, 1.54) is 4.90 Å². The molecular formula is C17H19N3O2.